The molecule has 0 radical (unpaired) electrons. The van der Waals surface area contributed by atoms with E-state index in [2.05, 4.69) is 0 Å². The van der Waals surface area contributed by atoms with Crippen molar-refractivity contribution in [2.24, 2.45) is 0 Å². The number of alkyl halides is 3. The molecule has 0 fully saturated rings. The molecule has 0 bridgehead atoms. The minimum Gasteiger partial charge on any atom is -0.450 e. The van der Waals surface area contributed by atoms with Gasteiger partial charge in [0.05, 0.1) is 10.9 Å². The van der Waals surface area contributed by atoms with Gasteiger partial charge in [-0.3, -0.25) is 4.79 Å². The van der Waals surface area contributed by atoms with E-state index in [-0.39, 0.29) is 22.3 Å². The molecule has 4 aromatic rings. The first kappa shape index (κ1) is 21.1. The topological polar surface area (TPSA) is 56.5 Å². The quantitative estimate of drug-likeness (QED) is 0.220. The lowest BCUT2D eigenvalue weighted by molar-refractivity contribution is -0.152. The van der Waals surface area contributed by atoms with Gasteiger partial charge in [-0.1, -0.05) is 60.7 Å². The van der Waals surface area contributed by atoms with Crippen LogP contribution in [0.25, 0.3) is 28.2 Å². The van der Waals surface area contributed by atoms with Gasteiger partial charge in [-0.05, 0) is 29.3 Å². The van der Waals surface area contributed by atoms with Gasteiger partial charge in [0, 0.05) is 12.1 Å². The number of hydrogen-bond acceptors (Lipinski definition) is 4. The Hall–Kier alpha value is -4.13. The monoisotopic (exact) mass is 436 g/mol. The molecular formula is C25H15F3O4. The predicted octanol–water partition coefficient (Wildman–Crippen LogP) is 6.10. The minimum atomic E-state index is -4.90. The summed E-state index contributed by atoms with van der Waals surface area (Å²) in [6, 6.07) is 20.2. The summed E-state index contributed by atoms with van der Waals surface area (Å²) in [5.41, 5.74) is -0.860. The smallest absolute Gasteiger partial charge is 0.450 e. The van der Waals surface area contributed by atoms with Crippen LogP contribution in [0, 0.1) is 0 Å². The molecule has 4 rings (SSSR count). The third-order valence-corrected chi connectivity index (χ3v) is 4.61. The van der Waals surface area contributed by atoms with Crippen LogP contribution in [0.3, 0.4) is 0 Å². The Kier molecular flexibility index (Phi) is 5.64. The largest absolute Gasteiger partial charge is 0.450 e. The molecule has 4 nitrogen and oxygen atoms in total. The second-order valence-electron chi connectivity index (χ2n) is 6.82. The number of carbonyl (C=O) groups is 1. The highest BCUT2D eigenvalue weighted by Gasteiger charge is 2.39. The van der Waals surface area contributed by atoms with Crippen LogP contribution in [0.5, 0.6) is 5.75 Å². The maximum Gasteiger partial charge on any atom is 0.450 e. The molecule has 0 saturated carbocycles. The van der Waals surface area contributed by atoms with Gasteiger partial charge in [0.2, 0.25) is 11.2 Å². The Morgan fingerprint density at radius 1 is 0.906 bits per heavy atom. The fourth-order valence-corrected chi connectivity index (χ4v) is 3.18. The number of carbonyl (C=O) groups excluding carboxylic acids is 1. The maximum absolute atomic E-state index is 13.7. The van der Waals surface area contributed by atoms with Crippen molar-refractivity contribution in [3.63, 3.8) is 0 Å². The highest BCUT2D eigenvalue weighted by molar-refractivity contribution is 5.90. The average molecular weight is 436 g/mol. The number of rotatable bonds is 4. The zero-order valence-electron chi connectivity index (χ0n) is 16.4. The lowest BCUT2D eigenvalue weighted by Crippen LogP contribution is -2.16. The van der Waals surface area contributed by atoms with E-state index >= 15 is 0 Å². The van der Waals surface area contributed by atoms with Crippen molar-refractivity contribution >= 4 is 23.0 Å². The van der Waals surface area contributed by atoms with Crippen LogP contribution in [0.1, 0.15) is 11.3 Å². The van der Waals surface area contributed by atoms with E-state index < -0.39 is 28.9 Å². The summed E-state index contributed by atoms with van der Waals surface area (Å²) in [5.74, 6) is -2.19. The molecule has 0 amide bonds. The lowest BCUT2D eigenvalue weighted by Gasteiger charge is -2.13. The van der Waals surface area contributed by atoms with E-state index in [0.717, 1.165) is 11.6 Å². The van der Waals surface area contributed by atoms with Gasteiger partial charge in [-0.25, -0.2) is 4.79 Å². The fourth-order valence-electron chi connectivity index (χ4n) is 3.18. The van der Waals surface area contributed by atoms with Crippen molar-refractivity contribution < 1.29 is 27.1 Å². The number of fused-ring (bicyclic) bond motifs is 1. The normalized spacial score (nSPS) is 11.7. The summed E-state index contributed by atoms with van der Waals surface area (Å²) in [4.78, 5) is 25.0. The first-order chi connectivity index (χ1) is 15.3. The highest BCUT2D eigenvalue weighted by Crippen LogP contribution is 2.37. The third kappa shape index (κ3) is 4.46. The standard InChI is InChI=1S/C25H15F3O4/c26-25(27,28)24-22(17-9-5-2-6-10-17)23(30)19-13-12-18(15-20(19)32-24)31-21(29)14-11-16-7-3-1-4-8-16/h1-15H/b14-11+. The van der Waals surface area contributed by atoms with Gasteiger partial charge in [-0.2, -0.15) is 13.2 Å². The maximum atomic E-state index is 13.7. The Morgan fingerprint density at radius 3 is 2.22 bits per heavy atom. The van der Waals surface area contributed by atoms with E-state index in [1.807, 2.05) is 6.07 Å². The van der Waals surface area contributed by atoms with Crippen molar-refractivity contribution in [1.82, 2.24) is 0 Å². The van der Waals surface area contributed by atoms with Crippen molar-refractivity contribution in [1.29, 1.82) is 0 Å². The molecule has 160 valence electrons. The summed E-state index contributed by atoms with van der Waals surface area (Å²) >= 11 is 0. The second kappa shape index (κ2) is 8.55. The number of hydrogen-bond donors (Lipinski definition) is 0. The van der Waals surface area contributed by atoms with Gasteiger partial charge in [-0.15, -0.1) is 0 Å². The van der Waals surface area contributed by atoms with Gasteiger partial charge < -0.3 is 9.15 Å². The molecule has 32 heavy (non-hydrogen) atoms. The first-order valence-corrected chi connectivity index (χ1v) is 9.51. The zero-order chi connectivity index (χ0) is 22.7. The van der Waals surface area contributed by atoms with Crippen molar-refractivity contribution in [3.05, 3.63) is 106 Å². The summed E-state index contributed by atoms with van der Waals surface area (Å²) in [5, 5.41) is -0.0588. The zero-order valence-corrected chi connectivity index (χ0v) is 16.4. The van der Waals surface area contributed by atoms with Gasteiger partial charge in [0.15, 0.2) is 0 Å². The van der Waals surface area contributed by atoms with E-state index in [1.54, 1.807) is 30.3 Å². The van der Waals surface area contributed by atoms with Crippen LogP contribution in [-0.2, 0) is 11.0 Å². The summed E-state index contributed by atoms with van der Waals surface area (Å²) in [6.45, 7) is 0. The molecule has 7 heteroatoms. The van der Waals surface area contributed by atoms with Gasteiger partial charge in [0.1, 0.15) is 11.3 Å². The molecule has 0 aliphatic carbocycles. The Morgan fingerprint density at radius 2 is 1.56 bits per heavy atom. The van der Waals surface area contributed by atoms with Crippen LogP contribution in [0.2, 0.25) is 0 Å². The minimum absolute atomic E-state index is 0.0519. The predicted molar refractivity (Wildman–Crippen MR) is 114 cm³/mol. The Bertz CT molecular complexity index is 1360. The highest BCUT2D eigenvalue weighted by atomic mass is 19.4. The molecule has 1 aromatic heterocycles. The van der Waals surface area contributed by atoms with Crippen LogP contribution < -0.4 is 10.2 Å². The number of halogens is 3. The molecule has 0 aliphatic rings. The SMILES string of the molecule is O=C(/C=C/c1ccccc1)Oc1ccc2c(=O)c(-c3ccccc3)c(C(F)(F)F)oc2c1. The lowest BCUT2D eigenvalue weighted by atomic mass is 10.0. The van der Waals surface area contributed by atoms with Crippen LogP contribution >= 0.6 is 0 Å². The van der Waals surface area contributed by atoms with Crippen LogP contribution in [-0.4, -0.2) is 5.97 Å². The van der Waals surface area contributed by atoms with Gasteiger partial charge in [0.25, 0.3) is 0 Å². The van der Waals surface area contributed by atoms with Gasteiger partial charge >= 0.3 is 12.1 Å². The molecular weight excluding hydrogens is 421 g/mol. The molecule has 0 unspecified atom stereocenters. The Balaban J connectivity index is 1.72. The summed E-state index contributed by atoms with van der Waals surface area (Å²) in [7, 11) is 0. The Labute approximate surface area is 180 Å². The van der Waals surface area contributed by atoms with Crippen LogP contribution in [0.15, 0.2) is 94.2 Å². The first-order valence-electron chi connectivity index (χ1n) is 9.51. The fraction of sp³-hybridized carbons (Fsp3) is 0.0400. The molecule has 1 heterocycles. The van der Waals surface area contributed by atoms with E-state index in [9.17, 15) is 22.8 Å². The molecule has 0 aliphatic heterocycles. The van der Waals surface area contributed by atoms with E-state index in [1.165, 1.54) is 48.6 Å². The molecule has 0 N–H and O–H groups in total. The molecule has 0 atom stereocenters. The molecule has 0 saturated heterocycles. The number of benzene rings is 3. The summed E-state index contributed by atoms with van der Waals surface area (Å²) < 4.78 is 51.3. The average Bonchev–Trinajstić information content (AvgIpc) is 2.78. The van der Waals surface area contributed by atoms with E-state index in [4.69, 9.17) is 9.15 Å². The van der Waals surface area contributed by atoms with E-state index in [0.29, 0.717) is 0 Å². The van der Waals surface area contributed by atoms with Crippen molar-refractivity contribution in [2.75, 3.05) is 0 Å². The molecule has 0 spiro atoms. The van der Waals surface area contributed by atoms with Crippen molar-refractivity contribution in [3.8, 4) is 16.9 Å². The van der Waals surface area contributed by atoms with Crippen LogP contribution in [0.4, 0.5) is 13.2 Å². The molecule has 3 aromatic carbocycles. The summed E-state index contributed by atoms with van der Waals surface area (Å²) in [6.07, 6.45) is -2.17. The van der Waals surface area contributed by atoms with Crippen molar-refractivity contribution in [2.45, 2.75) is 6.18 Å². The second-order valence-corrected chi connectivity index (χ2v) is 6.82. The number of esters is 1. The number of ether oxygens (including phenoxy) is 1. The third-order valence-electron chi connectivity index (χ3n) is 4.61.